The summed E-state index contributed by atoms with van der Waals surface area (Å²) in [6.45, 7) is 8.63. The molecule has 4 heteroatoms. The number of aliphatic hydroxyl groups is 1. The lowest BCUT2D eigenvalue weighted by atomic mass is 10.1. The van der Waals surface area contributed by atoms with E-state index in [4.69, 9.17) is 0 Å². The summed E-state index contributed by atoms with van der Waals surface area (Å²) in [5, 5.41) is 9.77. The fourth-order valence-corrected chi connectivity index (χ4v) is 4.18. The second-order valence-corrected chi connectivity index (χ2v) is 7.16. The van der Waals surface area contributed by atoms with Crippen molar-refractivity contribution in [3.8, 4) is 0 Å². The highest BCUT2D eigenvalue weighted by atomic mass is 32.1. The summed E-state index contributed by atoms with van der Waals surface area (Å²) in [7, 11) is 0. The van der Waals surface area contributed by atoms with E-state index in [0.29, 0.717) is 12.1 Å². The quantitative estimate of drug-likeness (QED) is 0.882. The maximum atomic E-state index is 9.77. The largest absolute Gasteiger partial charge is 0.392 e. The van der Waals surface area contributed by atoms with Crippen LogP contribution >= 0.6 is 11.3 Å². The van der Waals surface area contributed by atoms with E-state index < -0.39 is 0 Å². The standard InChI is InChI=1S/C14H22N2OS/c1-10-6-16-8-13(17)5-12(16)7-15(10)9-14-4-3-11(2)18-14/h3-4,10,12-13,17H,5-9H2,1-2H3/t10-,12+,13-/m1/s1. The van der Waals surface area contributed by atoms with Crippen molar-refractivity contribution in [2.75, 3.05) is 19.6 Å². The lowest BCUT2D eigenvalue weighted by Gasteiger charge is -2.42. The topological polar surface area (TPSA) is 26.7 Å². The molecule has 3 atom stereocenters. The molecule has 0 aromatic carbocycles. The van der Waals surface area contributed by atoms with E-state index in [9.17, 15) is 5.11 Å². The first-order valence-corrected chi connectivity index (χ1v) is 7.65. The summed E-state index contributed by atoms with van der Waals surface area (Å²) in [5.41, 5.74) is 0. The van der Waals surface area contributed by atoms with Crippen LogP contribution < -0.4 is 0 Å². The van der Waals surface area contributed by atoms with Crippen LogP contribution in [0.25, 0.3) is 0 Å². The van der Waals surface area contributed by atoms with Gasteiger partial charge in [-0.15, -0.1) is 11.3 Å². The van der Waals surface area contributed by atoms with Crippen LogP contribution in [-0.4, -0.2) is 52.7 Å². The predicted octanol–water partition coefficient (Wildman–Crippen LogP) is 1.70. The highest BCUT2D eigenvalue weighted by Gasteiger charge is 2.37. The summed E-state index contributed by atoms with van der Waals surface area (Å²) in [6.07, 6.45) is 0.846. The highest BCUT2D eigenvalue weighted by Crippen LogP contribution is 2.27. The highest BCUT2D eigenvalue weighted by molar-refractivity contribution is 7.11. The third kappa shape index (κ3) is 2.48. The van der Waals surface area contributed by atoms with Gasteiger partial charge in [0.15, 0.2) is 0 Å². The van der Waals surface area contributed by atoms with Crippen molar-refractivity contribution in [2.45, 2.75) is 45.0 Å². The average molecular weight is 266 g/mol. The van der Waals surface area contributed by atoms with Gasteiger partial charge in [-0.25, -0.2) is 0 Å². The molecule has 0 amide bonds. The zero-order valence-corrected chi connectivity index (χ0v) is 12.0. The Hall–Kier alpha value is -0.420. The molecular weight excluding hydrogens is 244 g/mol. The van der Waals surface area contributed by atoms with Gasteiger partial charge >= 0.3 is 0 Å². The van der Waals surface area contributed by atoms with E-state index >= 15 is 0 Å². The molecule has 1 N–H and O–H groups in total. The number of fused-ring (bicyclic) bond motifs is 1. The lowest BCUT2D eigenvalue weighted by Crippen LogP contribution is -2.54. The van der Waals surface area contributed by atoms with Crippen LogP contribution in [0.1, 0.15) is 23.1 Å². The van der Waals surface area contributed by atoms with Crippen LogP contribution in [-0.2, 0) is 6.54 Å². The molecule has 0 unspecified atom stereocenters. The number of aryl methyl sites for hydroxylation is 1. The number of thiophene rings is 1. The van der Waals surface area contributed by atoms with E-state index in [1.807, 2.05) is 11.3 Å². The van der Waals surface area contributed by atoms with Crippen molar-refractivity contribution >= 4 is 11.3 Å². The normalized spacial score (nSPS) is 33.8. The number of rotatable bonds is 2. The second-order valence-electron chi connectivity index (χ2n) is 5.79. The Morgan fingerprint density at radius 1 is 1.33 bits per heavy atom. The Morgan fingerprint density at radius 2 is 2.17 bits per heavy atom. The molecule has 0 spiro atoms. The van der Waals surface area contributed by atoms with Gasteiger partial charge in [-0.1, -0.05) is 0 Å². The maximum absolute atomic E-state index is 9.77. The Labute approximate surface area is 113 Å². The Morgan fingerprint density at radius 3 is 2.89 bits per heavy atom. The third-order valence-electron chi connectivity index (χ3n) is 4.23. The van der Waals surface area contributed by atoms with Crippen LogP contribution in [0, 0.1) is 6.92 Å². The molecule has 2 saturated heterocycles. The molecule has 2 aliphatic heterocycles. The fraction of sp³-hybridized carbons (Fsp3) is 0.714. The smallest absolute Gasteiger partial charge is 0.0682 e. The zero-order valence-electron chi connectivity index (χ0n) is 11.2. The molecule has 0 saturated carbocycles. The lowest BCUT2D eigenvalue weighted by molar-refractivity contribution is 0.0535. The molecule has 0 bridgehead atoms. The average Bonchev–Trinajstić information content (AvgIpc) is 2.85. The van der Waals surface area contributed by atoms with E-state index in [1.54, 1.807) is 0 Å². The molecule has 18 heavy (non-hydrogen) atoms. The molecule has 3 rings (SSSR count). The minimum Gasteiger partial charge on any atom is -0.392 e. The summed E-state index contributed by atoms with van der Waals surface area (Å²) < 4.78 is 0. The molecular formula is C14H22N2OS. The Kier molecular flexibility index (Phi) is 3.45. The van der Waals surface area contributed by atoms with Gasteiger partial charge in [-0.3, -0.25) is 9.80 Å². The Bertz CT molecular complexity index is 420. The second kappa shape index (κ2) is 4.93. The van der Waals surface area contributed by atoms with Crippen molar-refractivity contribution in [2.24, 2.45) is 0 Å². The van der Waals surface area contributed by atoms with Gasteiger partial charge in [0.25, 0.3) is 0 Å². The molecule has 2 aliphatic rings. The number of hydrogen-bond acceptors (Lipinski definition) is 4. The zero-order chi connectivity index (χ0) is 12.7. The molecule has 1 aromatic heterocycles. The molecule has 2 fully saturated rings. The number of piperazine rings is 1. The number of nitrogens with zero attached hydrogens (tertiary/aromatic N) is 2. The van der Waals surface area contributed by atoms with Crippen LogP contribution in [0.4, 0.5) is 0 Å². The monoisotopic (exact) mass is 266 g/mol. The van der Waals surface area contributed by atoms with Gasteiger partial charge in [0.1, 0.15) is 0 Å². The molecule has 0 radical (unpaired) electrons. The predicted molar refractivity (Wildman–Crippen MR) is 74.9 cm³/mol. The molecule has 3 nitrogen and oxygen atoms in total. The first kappa shape index (κ1) is 12.6. The van der Waals surface area contributed by atoms with Crippen LogP contribution in [0.2, 0.25) is 0 Å². The molecule has 100 valence electrons. The Balaban J connectivity index is 1.66. The third-order valence-corrected chi connectivity index (χ3v) is 5.21. The van der Waals surface area contributed by atoms with Crippen molar-refractivity contribution in [3.63, 3.8) is 0 Å². The van der Waals surface area contributed by atoms with Crippen molar-refractivity contribution in [1.82, 2.24) is 9.80 Å². The van der Waals surface area contributed by atoms with Crippen molar-refractivity contribution in [1.29, 1.82) is 0 Å². The van der Waals surface area contributed by atoms with Gasteiger partial charge in [0.05, 0.1) is 6.10 Å². The number of aliphatic hydroxyl groups excluding tert-OH is 1. The van der Waals surface area contributed by atoms with Crippen LogP contribution in [0.5, 0.6) is 0 Å². The maximum Gasteiger partial charge on any atom is 0.0682 e. The van der Waals surface area contributed by atoms with Gasteiger partial charge in [-0.05, 0) is 32.4 Å². The number of hydrogen-bond donors (Lipinski definition) is 1. The van der Waals surface area contributed by atoms with E-state index in [-0.39, 0.29) is 6.10 Å². The van der Waals surface area contributed by atoms with E-state index in [0.717, 1.165) is 32.6 Å². The summed E-state index contributed by atoms with van der Waals surface area (Å²) in [6, 6.07) is 5.62. The fourth-order valence-electron chi connectivity index (χ4n) is 3.27. The van der Waals surface area contributed by atoms with Gasteiger partial charge in [0, 0.05) is 48.0 Å². The first-order valence-electron chi connectivity index (χ1n) is 6.83. The van der Waals surface area contributed by atoms with Gasteiger partial charge in [-0.2, -0.15) is 0 Å². The summed E-state index contributed by atoms with van der Waals surface area (Å²) >= 11 is 1.90. The van der Waals surface area contributed by atoms with Crippen molar-refractivity contribution in [3.05, 3.63) is 21.9 Å². The van der Waals surface area contributed by atoms with E-state index in [1.165, 1.54) is 9.75 Å². The minimum atomic E-state index is -0.105. The van der Waals surface area contributed by atoms with Gasteiger partial charge < -0.3 is 5.11 Å². The van der Waals surface area contributed by atoms with E-state index in [2.05, 4.69) is 35.8 Å². The first-order chi connectivity index (χ1) is 8.61. The van der Waals surface area contributed by atoms with Crippen molar-refractivity contribution < 1.29 is 5.11 Å². The molecule has 1 aromatic rings. The van der Waals surface area contributed by atoms with Gasteiger partial charge in [0.2, 0.25) is 0 Å². The molecule has 3 heterocycles. The summed E-state index contributed by atoms with van der Waals surface area (Å²) in [5.74, 6) is 0. The van der Waals surface area contributed by atoms with Crippen LogP contribution in [0.3, 0.4) is 0 Å². The SMILES string of the molecule is Cc1ccc(CN2C[C@@H]3C[C@@H](O)CN3C[C@H]2C)s1. The van der Waals surface area contributed by atoms with Crippen LogP contribution in [0.15, 0.2) is 12.1 Å². The molecule has 0 aliphatic carbocycles. The minimum absolute atomic E-state index is 0.105. The summed E-state index contributed by atoms with van der Waals surface area (Å²) in [4.78, 5) is 7.90.